The molecule has 1 unspecified atom stereocenters. The van der Waals surface area contributed by atoms with Crippen LogP contribution in [0.15, 0.2) is 22.7 Å². The van der Waals surface area contributed by atoms with Crippen LogP contribution in [0.25, 0.3) is 0 Å². The molecule has 5 heteroatoms. The first-order chi connectivity index (χ1) is 8.75. The lowest BCUT2D eigenvalue weighted by molar-refractivity contribution is 0.0884. The number of halogens is 2. The molecule has 2 N–H and O–H groups in total. The van der Waals surface area contributed by atoms with E-state index in [1.807, 2.05) is 20.8 Å². The standard InChI is InChI=1S/C14H19BrClNO2/c1-14(2,3)12(6-7-18)17-13(19)10-5-4-9(16)8-11(10)15/h4-5,8,12,18H,6-7H2,1-3H3,(H,17,19). The van der Waals surface area contributed by atoms with E-state index in [2.05, 4.69) is 21.2 Å². The summed E-state index contributed by atoms with van der Waals surface area (Å²) in [6, 6.07) is 4.96. The van der Waals surface area contributed by atoms with Crippen LogP contribution in [0.3, 0.4) is 0 Å². The number of hydrogen-bond acceptors (Lipinski definition) is 2. The van der Waals surface area contributed by atoms with Crippen molar-refractivity contribution in [2.75, 3.05) is 6.61 Å². The molecule has 0 aliphatic rings. The third-order valence-electron chi connectivity index (χ3n) is 2.94. The molecule has 0 heterocycles. The highest BCUT2D eigenvalue weighted by Crippen LogP contribution is 2.24. The van der Waals surface area contributed by atoms with E-state index in [4.69, 9.17) is 16.7 Å². The number of aliphatic hydroxyl groups is 1. The molecule has 0 aliphatic heterocycles. The Morgan fingerprint density at radius 1 is 1.47 bits per heavy atom. The van der Waals surface area contributed by atoms with Gasteiger partial charge in [0.2, 0.25) is 0 Å². The molecular weight excluding hydrogens is 330 g/mol. The van der Waals surface area contributed by atoms with Gasteiger partial charge in [0.15, 0.2) is 0 Å². The van der Waals surface area contributed by atoms with Gasteiger partial charge >= 0.3 is 0 Å². The first-order valence-electron chi connectivity index (χ1n) is 6.12. The molecule has 1 atom stereocenters. The van der Waals surface area contributed by atoms with E-state index in [1.165, 1.54) is 0 Å². The molecule has 0 fully saturated rings. The van der Waals surface area contributed by atoms with Crippen molar-refractivity contribution in [3.63, 3.8) is 0 Å². The second-order valence-corrected chi connectivity index (χ2v) is 6.82. The number of rotatable bonds is 4. The van der Waals surface area contributed by atoms with Crippen molar-refractivity contribution < 1.29 is 9.90 Å². The lowest BCUT2D eigenvalue weighted by atomic mass is 9.85. The highest BCUT2D eigenvalue weighted by atomic mass is 79.9. The molecule has 0 bridgehead atoms. The van der Waals surface area contributed by atoms with Crippen LogP contribution >= 0.6 is 27.5 Å². The molecule has 1 aromatic carbocycles. The maximum atomic E-state index is 12.2. The molecule has 3 nitrogen and oxygen atoms in total. The van der Waals surface area contributed by atoms with Crippen molar-refractivity contribution in [3.05, 3.63) is 33.3 Å². The monoisotopic (exact) mass is 347 g/mol. The highest BCUT2D eigenvalue weighted by molar-refractivity contribution is 9.10. The molecule has 19 heavy (non-hydrogen) atoms. The third kappa shape index (κ3) is 4.79. The van der Waals surface area contributed by atoms with Gasteiger partial charge in [0.25, 0.3) is 5.91 Å². The van der Waals surface area contributed by atoms with E-state index in [0.29, 0.717) is 21.5 Å². The quantitative estimate of drug-likeness (QED) is 0.873. The summed E-state index contributed by atoms with van der Waals surface area (Å²) in [7, 11) is 0. The Morgan fingerprint density at radius 3 is 2.58 bits per heavy atom. The number of aliphatic hydroxyl groups excluding tert-OH is 1. The van der Waals surface area contributed by atoms with Gasteiger partial charge in [-0.1, -0.05) is 32.4 Å². The summed E-state index contributed by atoms with van der Waals surface area (Å²) in [6.07, 6.45) is 0.528. The van der Waals surface area contributed by atoms with E-state index >= 15 is 0 Å². The van der Waals surface area contributed by atoms with Crippen LogP contribution in [0.2, 0.25) is 5.02 Å². The minimum Gasteiger partial charge on any atom is -0.396 e. The zero-order valence-electron chi connectivity index (χ0n) is 11.3. The highest BCUT2D eigenvalue weighted by Gasteiger charge is 2.26. The van der Waals surface area contributed by atoms with E-state index in [9.17, 15) is 4.79 Å². The van der Waals surface area contributed by atoms with Crippen LogP contribution in [0, 0.1) is 5.41 Å². The number of amides is 1. The van der Waals surface area contributed by atoms with Gasteiger partial charge in [0, 0.05) is 22.1 Å². The van der Waals surface area contributed by atoms with Gasteiger partial charge in [0.05, 0.1) is 5.56 Å². The zero-order valence-corrected chi connectivity index (χ0v) is 13.7. The van der Waals surface area contributed by atoms with Crippen molar-refractivity contribution in [1.82, 2.24) is 5.32 Å². The molecule has 0 radical (unpaired) electrons. The van der Waals surface area contributed by atoms with E-state index in [0.717, 1.165) is 0 Å². The van der Waals surface area contributed by atoms with Crippen LogP contribution in [0.1, 0.15) is 37.6 Å². The Labute approximate surface area is 127 Å². The number of hydrogen-bond donors (Lipinski definition) is 2. The first-order valence-corrected chi connectivity index (χ1v) is 7.29. The van der Waals surface area contributed by atoms with Crippen molar-refractivity contribution in [3.8, 4) is 0 Å². The van der Waals surface area contributed by atoms with Gasteiger partial charge < -0.3 is 10.4 Å². The maximum Gasteiger partial charge on any atom is 0.252 e. The molecule has 0 aromatic heterocycles. The predicted octanol–water partition coefficient (Wildman–Crippen LogP) is 3.63. The van der Waals surface area contributed by atoms with E-state index < -0.39 is 0 Å². The summed E-state index contributed by atoms with van der Waals surface area (Å²) >= 11 is 9.19. The average Bonchev–Trinajstić information content (AvgIpc) is 2.26. The smallest absolute Gasteiger partial charge is 0.252 e. The van der Waals surface area contributed by atoms with Gasteiger partial charge in [-0.3, -0.25) is 4.79 Å². The Morgan fingerprint density at radius 2 is 2.11 bits per heavy atom. The Hall–Kier alpha value is -0.580. The molecule has 1 rings (SSSR count). The fourth-order valence-corrected chi connectivity index (χ4v) is 2.62. The van der Waals surface area contributed by atoms with Crippen molar-refractivity contribution in [1.29, 1.82) is 0 Å². The molecule has 1 amide bonds. The lowest BCUT2D eigenvalue weighted by Gasteiger charge is -2.31. The normalized spacial score (nSPS) is 13.2. The Kier molecular flexibility index (Phi) is 5.83. The number of nitrogens with one attached hydrogen (secondary N) is 1. The van der Waals surface area contributed by atoms with E-state index in [1.54, 1.807) is 18.2 Å². The van der Waals surface area contributed by atoms with Crippen LogP contribution in [0.5, 0.6) is 0 Å². The maximum absolute atomic E-state index is 12.2. The fraction of sp³-hybridized carbons (Fsp3) is 0.500. The minimum atomic E-state index is -0.170. The van der Waals surface area contributed by atoms with Crippen LogP contribution in [-0.2, 0) is 0 Å². The van der Waals surface area contributed by atoms with Crippen LogP contribution in [0.4, 0.5) is 0 Å². The number of carbonyl (C=O) groups is 1. The number of carbonyl (C=O) groups excluding carboxylic acids is 1. The summed E-state index contributed by atoms with van der Waals surface area (Å²) in [6.45, 7) is 6.14. The van der Waals surface area contributed by atoms with Crippen LogP contribution < -0.4 is 5.32 Å². The fourth-order valence-electron chi connectivity index (χ4n) is 1.76. The predicted molar refractivity (Wildman–Crippen MR) is 81.6 cm³/mol. The van der Waals surface area contributed by atoms with E-state index in [-0.39, 0.29) is 24.0 Å². The second-order valence-electron chi connectivity index (χ2n) is 5.53. The first kappa shape index (κ1) is 16.5. The lowest BCUT2D eigenvalue weighted by Crippen LogP contribution is -2.44. The summed E-state index contributed by atoms with van der Waals surface area (Å²) in [5.74, 6) is -0.170. The average molecular weight is 349 g/mol. The van der Waals surface area contributed by atoms with Gasteiger partial charge in [-0.15, -0.1) is 0 Å². The topological polar surface area (TPSA) is 49.3 Å². The SMILES string of the molecule is CC(C)(C)C(CCO)NC(=O)c1ccc(Cl)cc1Br. The summed E-state index contributed by atoms with van der Waals surface area (Å²) in [4.78, 5) is 12.2. The van der Waals surface area contributed by atoms with Crippen molar-refractivity contribution in [2.24, 2.45) is 5.41 Å². The third-order valence-corrected chi connectivity index (χ3v) is 3.84. The van der Waals surface area contributed by atoms with Crippen LogP contribution in [-0.4, -0.2) is 23.7 Å². The Balaban J connectivity index is 2.88. The molecule has 0 spiro atoms. The molecule has 0 aliphatic carbocycles. The summed E-state index contributed by atoms with van der Waals surface area (Å²) in [5, 5.41) is 12.6. The Bertz CT molecular complexity index is 457. The van der Waals surface area contributed by atoms with Crippen molar-refractivity contribution >= 4 is 33.4 Å². The van der Waals surface area contributed by atoms with Gasteiger partial charge in [-0.25, -0.2) is 0 Å². The molecular formula is C14H19BrClNO2. The van der Waals surface area contributed by atoms with Gasteiger partial charge in [-0.05, 0) is 46.0 Å². The molecule has 0 saturated heterocycles. The summed E-state index contributed by atoms with van der Waals surface area (Å²) in [5.41, 5.74) is 0.425. The van der Waals surface area contributed by atoms with Gasteiger partial charge in [-0.2, -0.15) is 0 Å². The molecule has 106 valence electrons. The van der Waals surface area contributed by atoms with Gasteiger partial charge in [0.1, 0.15) is 0 Å². The largest absolute Gasteiger partial charge is 0.396 e. The van der Waals surface area contributed by atoms with Crippen molar-refractivity contribution in [2.45, 2.75) is 33.2 Å². The minimum absolute atomic E-state index is 0.0456. The molecule has 0 saturated carbocycles. The zero-order chi connectivity index (χ0) is 14.6. The summed E-state index contributed by atoms with van der Waals surface area (Å²) < 4.78 is 0.661. The molecule has 1 aromatic rings. The second kappa shape index (κ2) is 6.73. The number of benzene rings is 1.